The predicted molar refractivity (Wildman–Crippen MR) is 111 cm³/mol. The molecule has 0 aliphatic heterocycles. The van der Waals surface area contributed by atoms with E-state index < -0.39 is 0 Å². The quantitative estimate of drug-likeness (QED) is 0.264. The normalized spacial score (nSPS) is 11.0. The molecule has 0 aromatic rings. The topological polar surface area (TPSA) is 41.1 Å². The van der Waals surface area contributed by atoms with Gasteiger partial charge in [0.25, 0.3) is 0 Å². The molecule has 3 nitrogen and oxygen atoms in total. The van der Waals surface area contributed by atoms with Crippen LogP contribution in [0.15, 0.2) is 0 Å². The lowest BCUT2D eigenvalue weighted by Crippen LogP contribution is -2.26. The Hall–Kier alpha value is -0.570. The zero-order valence-electron chi connectivity index (χ0n) is 17.3. The van der Waals surface area contributed by atoms with Crippen LogP contribution in [-0.2, 0) is 4.79 Å². The van der Waals surface area contributed by atoms with Crippen LogP contribution >= 0.6 is 0 Å². The summed E-state index contributed by atoms with van der Waals surface area (Å²) in [6, 6.07) is 0. The number of carbonyl (C=O) groups is 1. The molecule has 3 heteroatoms. The van der Waals surface area contributed by atoms with Gasteiger partial charge in [0, 0.05) is 13.0 Å². The Morgan fingerprint density at radius 1 is 0.600 bits per heavy atom. The molecule has 0 atom stereocenters. The van der Waals surface area contributed by atoms with Gasteiger partial charge in [0.1, 0.15) is 0 Å². The van der Waals surface area contributed by atoms with Gasteiger partial charge >= 0.3 is 0 Å². The molecule has 0 aliphatic carbocycles. The van der Waals surface area contributed by atoms with Crippen molar-refractivity contribution in [2.75, 3.05) is 20.1 Å². The highest BCUT2D eigenvalue weighted by atomic mass is 16.1. The van der Waals surface area contributed by atoms with Crippen LogP contribution in [0.3, 0.4) is 0 Å². The fourth-order valence-electron chi connectivity index (χ4n) is 3.24. The fourth-order valence-corrected chi connectivity index (χ4v) is 3.24. The van der Waals surface area contributed by atoms with Gasteiger partial charge in [-0.1, -0.05) is 96.8 Å². The molecule has 0 aromatic heterocycles. The Morgan fingerprint density at radius 3 is 1.48 bits per heavy atom. The van der Waals surface area contributed by atoms with Gasteiger partial charge in [-0.05, 0) is 26.4 Å². The second kappa shape index (κ2) is 21.5. The van der Waals surface area contributed by atoms with Gasteiger partial charge in [0.05, 0.1) is 0 Å². The van der Waals surface area contributed by atoms with E-state index in [0.717, 1.165) is 25.9 Å². The van der Waals surface area contributed by atoms with Gasteiger partial charge in [-0.25, -0.2) is 0 Å². The second-order valence-corrected chi connectivity index (χ2v) is 7.51. The first kappa shape index (κ1) is 24.4. The highest BCUT2D eigenvalue weighted by Gasteiger charge is 2.00. The highest BCUT2D eigenvalue weighted by molar-refractivity contribution is 5.75. The van der Waals surface area contributed by atoms with Crippen molar-refractivity contribution in [1.29, 1.82) is 0 Å². The van der Waals surface area contributed by atoms with E-state index in [2.05, 4.69) is 17.6 Å². The molecule has 0 unspecified atom stereocenters. The fraction of sp³-hybridized carbons (Fsp3) is 0.955. The van der Waals surface area contributed by atoms with E-state index in [0.29, 0.717) is 6.42 Å². The lowest BCUT2D eigenvalue weighted by atomic mass is 10.0. The Balaban J connectivity index is 3.08. The van der Waals surface area contributed by atoms with E-state index >= 15 is 0 Å². The van der Waals surface area contributed by atoms with Crippen molar-refractivity contribution < 1.29 is 4.79 Å². The zero-order chi connectivity index (χ0) is 18.4. The van der Waals surface area contributed by atoms with Gasteiger partial charge in [0.2, 0.25) is 5.91 Å². The number of hydrogen-bond donors (Lipinski definition) is 2. The van der Waals surface area contributed by atoms with Crippen LogP contribution in [0.5, 0.6) is 0 Å². The summed E-state index contributed by atoms with van der Waals surface area (Å²) in [5, 5.41) is 6.08. The zero-order valence-corrected chi connectivity index (χ0v) is 17.3. The first-order chi connectivity index (χ1) is 12.3. The van der Waals surface area contributed by atoms with Crippen LogP contribution in [0.1, 0.15) is 116 Å². The first-order valence-corrected chi connectivity index (χ1v) is 11.2. The maximum Gasteiger partial charge on any atom is 0.219 e. The molecule has 0 saturated carbocycles. The molecule has 2 N–H and O–H groups in total. The molecule has 150 valence electrons. The first-order valence-electron chi connectivity index (χ1n) is 11.2. The monoisotopic (exact) mass is 354 g/mol. The van der Waals surface area contributed by atoms with Crippen molar-refractivity contribution in [2.45, 2.75) is 116 Å². The molecule has 0 aliphatic rings. The Morgan fingerprint density at radius 2 is 1.04 bits per heavy atom. The average molecular weight is 355 g/mol. The summed E-state index contributed by atoms with van der Waals surface area (Å²) in [4.78, 5) is 11.6. The Bertz CT molecular complexity index is 269. The average Bonchev–Trinajstić information content (AvgIpc) is 2.62. The summed E-state index contributed by atoms with van der Waals surface area (Å²) in [7, 11) is 1.94. The van der Waals surface area contributed by atoms with Gasteiger partial charge in [-0.15, -0.1) is 0 Å². The van der Waals surface area contributed by atoms with Gasteiger partial charge in [0.15, 0.2) is 0 Å². The van der Waals surface area contributed by atoms with Crippen molar-refractivity contribution in [3.05, 3.63) is 0 Å². The molecule has 0 heterocycles. The lowest BCUT2D eigenvalue weighted by Gasteiger charge is -2.05. The number of nitrogens with one attached hydrogen (secondary N) is 2. The van der Waals surface area contributed by atoms with Crippen molar-refractivity contribution in [2.24, 2.45) is 0 Å². The minimum atomic E-state index is 0.228. The van der Waals surface area contributed by atoms with Crippen molar-refractivity contribution in [3.63, 3.8) is 0 Å². The standard InChI is InChI=1S/C22H46N2O/c1-3-4-5-6-7-8-9-10-11-12-13-14-15-16-17-19-22(25)24-21-18-20-23-2/h23H,3-21H2,1-2H3,(H,24,25). The van der Waals surface area contributed by atoms with Gasteiger partial charge in [-0.2, -0.15) is 0 Å². The summed E-state index contributed by atoms with van der Waals surface area (Å²) < 4.78 is 0. The SMILES string of the molecule is CCCCCCCCCCCCCCCCCC(=O)NCCCNC. The van der Waals surface area contributed by atoms with Gasteiger partial charge < -0.3 is 10.6 Å². The van der Waals surface area contributed by atoms with E-state index in [4.69, 9.17) is 0 Å². The van der Waals surface area contributed by atoms with E-state index in [1.807, 2.05) is 7.05 Å². The van der Waals surface area contributed by atoms with E-state index in [9.17, 15) is 4.79 Å². The molecule has 0 bridgehead atoms. The maximum atomic E-state index is 11.6. The maximum absolute atomic E-state index is 11.6. The molecule has 25 heavy (non-hydrogen) atoms. The van der Waals surface area contributed by atoms with Crippen LogP contribution in [-0.4, -0.2) is 26.0 Å². The molecular formula is C22H46N2O. The number of amides is 1. The minimum Gasteiger partial charge on any atom is -0.356 e. The Kier molecular flexibility index (Phi) is 21.0. The van der Waals surface area contributed by atoms with Crippen LogP contribution in [0.25, 0.3) is 0 Å². The van der Waals surface area contributed by atoms with E-state index in [-0.39, 0.29) is 5.91 Å². The molecule has 1 amide bonds. The molecular weight excluding hydrogens is 308 g/mol. The summed E-state index contributed by atoms with van der Waals surface area (Å²) in [6.45, 7) is 4.06. The summed E-state index contributed by atoms with van der Waals surface area (Å²) >= 11 is 0. The highest BCUT2D eigenvalue weighted by Crippen LogP contribution is 2.13. The molecule has 0 aromatic carbocycles. The largest absolute Gasteiger partial charge is 0.356 e. The number of carbonyl (C=O) groups excluding carboxylic acids is 1. The number of unbranched alkanes of at least 4 members (excludes halogenated alkanes) is 14. The van der Waals surface area contributed by atoms with Crippen molar-refractivity contribution in [3.8, 4) is 0 Å². The lowest BCUT2D eigenvalue weighted by molar-refractivity contribution is -0.121. The molecule has 0 rings (SSSR count). The minimum absolute atomic E-state index is 0.228. The molecule has 0 radical (unpaired) electrons. The third-order valence-electron chi connectivity index (χ3n) is 4.93. The molecule has 0 spiro atoms. The van der Waals surface area contributed by atoms with Crippen LogP contribution < -0.4 is 10.6 Å². The molecule has 0 saturated heterocycles. The van der Waals surface area contributed by atoms with E-state index in [1.54, 1.807) is 0 Å². The van der Waals surface area contributed by atoms with Gasteiger partial charge in [-0.3, -0.25) is 4.79 Å². The summed E-state index contributed by atoms with van der Waals surface area (Å²) in [5.74, 6) is 0.228. The van der Waals surface area contributed by atoms with Crippen LogP contribution in [0, 0.1) is 0 Å². The van der Waals surface area contributed by atoms with E-state index in [1.165, 1.54) is 89.9 Å². The summed E-state index contributed by atoms with van der Waals surface area (Å²) in [6.07, 6.45) is 22.3. The van der Waals surface area contributed by atoms with Crippen molar-refractivity contribution in [1.82, 2.24) is 10.6 Å². The van der Waals surface area contributed by atoms with Crippen LogP contribution in [0.4, 0.5) is 0 Å². The third-order valence-corrected chi connectivity index (χ3v) is 4.93. The Labute approximate surface area is 158 Å². The van der Waals surface area contributed by atoms with Crippen molar-refractivity contribution >= 4 is 5.91 Å². The smallest absolute Gasteiger partial charge is 0.219 e. The number of rotatable bonds is 20. The number of hydrogen-bond acceptors (Lipinski definition) is 2. The van der Waals surface area contributed by atoms with Crippen LogP contribution in [0.2, 0.25) is 0 Å². The third kappa shape index (κ3) is 21.4. The predicted octanol–water partition coefficient (Wildman–Crippen LogP) is 5.97. The molecule has 0 fully saturated rings. The second-order valence-electron chi connectivity index (χ2n) is 7.51. The summed E-state index contributed by atoms with van der Waals surface area (Å²) in [5.41, 5.74) is 0.